The second-order valence-electron chi connectivity index (χ2n) is 10.2. The van der Waals surface area contributed by atoms with Crippen molar-refractivity contribution in [3.05, 3.63) is 80.3 Å². The summed E-state index contributed by atoms with van der Waals surface area (Å²) >= 11 is 0. The van der Waals surface area contributed by atoms with E-state index < -0.39 is 11.2 Å². The number of pyridine rings is 1. The molecule has 2 aliphatic heterocycles. The third-order valence-corrected chi connectivity index (χ3v) is 7.80. The standard InChI is InChI=1S/C30H28N8O4/c1-3-4-15-36-25-26(34(2)30(41)37(28(25)40)18-23-20(16-31)9-7-13-32-23)33-29(36)35-14-8-10-21(17-35)38-19-42-24-12-6-5-11-22(24)27(38)39/h5-7,9,11-13,21H,8,10,14-15,17-19H2,1-2H3/t21-/m1/s1. The number of aryl methyl sites for hydroxylation is 1. The van der Waals surface area contributed by atoms with E-state index in [2.05, 4.69) is 22.9 Å². The fraction of sp³-hybridized carbons (Fsp3) is 0.333. The lowest BCUT2D eigenvalue weighted by atomic mass is 10.0. The van der Waals surface area contributed by atoms with Gasteiger partial charge in [0.25, 0.3) is 11.5 Å². The number of para-hydroxylation sites is 1. The minimum absolute atomic E-state index is 0.0782. The summed E-state index contributed by atoms with van der Waals surface area (Å²) in [4.78, 5) is 53.4. The minimum Gasteiger partial charge on any atom is -0.472 e. The van der Waals surface area contributed by atoms with Gasteiger partial charge in [0.1, 0.15) is 11.8 Å². The van der Waals surface area contributed by atoms with E-state index in [1.807, 2.05) is 17.0 Å². The number of hydrogen-bond acceptors (Lipinski definition) is 8. The number of benzene rings is 1. The molecule has 1 aromatic carbocycles. The number of fused-ring (bicyclic) bond motifs is 2. The number of anilines is 1. The molecule has 5 heterocycles. The van der Waals surface area contributed by atoms with Crippen LogP contribution >= 0.6 is 0 Å². The molecule has 12 heteroatoms. The molecule has 0 radical (unpaired) electrons. The van der Waals surface area contributed by atoms with Gasteiger partial charge in [-0.3, -0.25) is 28.3 Å². The van der Waals surface area contributed by atoms with Crippen molar-refractivity contribution >= 4 is 23.0 Å². The van der Waals surface area contributed by atoms with Gasteiger partial charge in [-0.2, -0.15) is 10.2 Å². The van der Waals surface area contributed by atoms with Crippen LogP contribution in [0.1, 0.15) is 41.4 Å². The summed E-state index contributed by atoms with van der Waals surface area (Å²) in [5.74, 6) is 6.92. The zero-order valence-corrected chi connectivity index (χ0v) is 23.3. The molecular formula is C30H28N8O4. The average Bonchev–Trinajstić information content (AvgIpc) is 3.41. The Kier molecular flexibility index (Phi) is 6.97. The Morgan fingerprint density at radius 1 is 1.12 bits per heavy atom. The molecule has 2 aliphatic rings. The summed E-state index contributed by atoms with van der Waals surface area (Å²) in [5, 5.41) is 9.50. The number of amides is 1. The van der Waals surface area contributed by atoms with Crippen LogP contribution in [-0.4, -0.2) is 60.3 Å². The number of hydrogen-bond donors (Lipinski definition) is 0. The van der Waals surface area contributed by atoms with Gasteiger partial charge in [-0.15, -0.1) is 5.92 Å². The van der Waals surface area contributed by atoms with E-state index in [1.54, 1.807) is 47.7 Å². The Balaban J connectivity index is 1.41. The van der Waals surface area contributed by atoms with E-state index in [-0.39, 0.29) is 48.5 Å². The number of nitrogens with zero attached hydrogens (tertiary/aromatic N) is 8. The van der Waals surface area contributed by atoms with Crippen LogP contribution in [0.2, 0.25) is 0 Å². The second-order valence-corrected chi connectivity index (χ2v) is 10.2. The molecule has 1 amide bonds. The molecule has 3 aromatic heterocycles. The van der Waals surface area contributed by atoms with Crippen molar-refractivity contribution in [2.75, 3.05) is 24.7 Å². The molecule has 0 unspecified atom stereocenters. The van der Waals surface area contributed by atoms with E-state index in [9.17, 15) is 19.6 Å². The normalized spacial score (nSPS) is 16.4. The highest BCUT2D eigenvalue weighted by molar-refractivity contribution is 5.98. The Hall–Kier alpha value is -5.36. The molecule has 0 aliphatic carbocycles. The fourth-order valence-corrected chi connectivity index (χ4v) is 5.65. The number of aromatic nitrogens is 5. The maximum atomic E-state index is 13.9. The zero-order valence-electron chi connectivity index (χ0n) is 23.3. The third-order valence-electron chi connectivity index (χ3n) is 7.80. The van der Waals surface area contributed by atoms with Crippen molar-refractivity contribution in [1.29, 1.82) is 5.26 Å². The number of carbonyl (C=O) groups is 1. The fourth-order valence-electron chi connectivity index (χ4n) is 5.65. The topological polar surface area (TPSA) is 131 Å². The van der Waals surface area contributed by atoms with E-state index in [1.165, 1.54) is 10.8 Å². The van der Waals surface area contributed by atoms with Gasteiger partial charge in [-0.1, -0.05) is 18.1 Å². The lowest BCUT2D eigenvalue weighted by Crippen LogP contribution is -2.53. The largest absolute Gasteiger partial charge is 0.472 e. The van der Waals surface area contributed by atoms with Crippen LogP contribution in [0.25, 0.3) is 11.2 Å². The molecule has 0 spiro atoms. The van der Waals surface area contributed by atoms with Gasteiger partial charge in [0, 0.05) is 26.3 Å². The predicted molar refractivity (Wildman–Crippen MR) is 154 cm³/mol. The van der Waals surface area contributed by atoms with Gasteiger partial charge in [-0.05, 0) is 44.0 Å². The van der Waals surface area contributed by atoms with E-state index in [0.29, 0.717) is 36.0 Å². The Bertz CT molecular complexity index is 1940. The Morgan fingerprint density at radius 2 is 1.95 bits per heavy atom. The lowest BCUT2D eigenvalue weighted by molar-refractivity contribution is 0.0357. The first-order chi connectivity index (χ1) is 20.4. The summed E-state index contributed by atoms with van der Waals surface area (Å²) in [5.41, 5.74) is 0.522. The molecule has 0 bridgehead atoms. The van der Waals surface area contributed by atoms with Crippen molar-refractivity contribution in [2.24, 2.45) is 7.05 Å². The van der Waals surface area contributed by atoms with Crippen molar-refractivity contribution in [2.45, 2.75) is 38.9 Å². The van der Waals surface area contributed by atoms with Gasteiger partial charge in [-0.25, -0.2) is 4.79 Å². The number of carbonyl (C=O) groups excluding carboxylic acids is 1. The van der Waals surface area contributed by atoms with Crippen molar-refractivity contribution < 1.29 is 9.53 Å². The van der Waals surface area contributed by atoms with Gasteiger partial charge in [0.05, 0.1) is 36.0 Å². The van der Waals surface area contributed by atoms with Crippen LogP contribution in [0.15, 0.2) is 52.2 Å². The number of rotatable bonds is 5. The minimum atomic E-state index is -0.564. The summed E-state index contributed by atoms with van der Waals surface area (Å²) in [6.45, 7) is 3.03. The summed E-state index contributed by atoms with van der Waals surface area (Å²) in [6, 6.07) is 12.4. The molecule has 12 nitrogen and oxygen atoms in total. The summed E-state index contributed by atoms with van der Waals surface area (Å²) in [7, 11) is 1.57. The monoisotopic (exact) mass is 564 g/mol. The van der Waals surface area contributed by atoms with E-state index in [0.717, 1.165) is 17.4 Å². The zero-order chi connectivity index (χ0) is 29.4. The number of nitriles is 1. The maximum absolute atomic E-state index is 13.9. The lowest BCUT2D eigenvalue weighted by Gasteiger charge is -2.41. The summed E-state index contributed by atoms with van der Waals surface area (Å²) in [6.07, 6.45) is 3.10. The Labute approximate surface area is 241 Å². The molecule has 0 saturated carbocycles. The van der Waals surface area contributed by atoms with Crippen molar-refractivity contribution in [1.82, 2.24) is 28.6 Å². The van der Waals surface area contributed by atoms with Crippen LogP contribution in [0.5, 0.6) is 5.75 Å². The van der Waals surface area contributed by atoms with Crippen LogP contribution in [0.3, 0.4) is 0 Å². The molecular weight excluding hydrogens is 536 g/mol. The van der Waals surface area contributed by atoms with Crippen LogP contribution < -0.4 is 20.9 Å². The molecule has 1 atom stereocenters. The molecule has 4 aromatic rings. The third kappa shape index (κ3) is 4.47. The quantitative estimate of drug-likeness (QED) is 0.335. The van der Waals surface area contributed by atoms with E-state index in [4.69, 9.17) is 9.72 Å². The highest BCUT2D eigenvalue weighted by Crippen LogP contribution is 2.30. The van der Waals surface area contributed by atoms with Gasteiger partial charge in [0.15, 0.2) is 17.9 Å². The van der Waals surface area contributed by atoms with Crippen LogP contribution in [-0.2, 0) is 20.1 Å². The number of ether oxygens (including phenoxy) is 1. The van der Waals surface area contributed by atoms with E-state index >= 15 is 0 Å². The van der Waals surface area contributed by atoms with Crippen LogP contribution in [0.4, 0.5) is 5.95 Å². The first-order valence-electron chi connectivity index (χ1n) is 13.6. The van der Waals surface area contributed by atoms with Crippen LogP contribution in [0, 0.1) is 23.2 Å². The number of imidazole rings is 1. The van der Waals surface area contributed by atoms with Gasteiger partial charge in [0.2, 0.25) is 5.95 Å². The molecule has 1 fully saturated rings. The highest BCUT2D eigenvalue weighted by atomic mass is 16.5. The molecule has 0 N–H and O–H groups in total. The molecule has 42 heavy (non-hydrogen) atoms. The maximum Gasteiger partial charge on any atom is 0.332 e. The number of piperidine rings is 1. The van der Waals surface area contributed by atoms with Crippen molar-refractivity contribution in [3.63, 3.8) is 0 Å². The first-order valence-corrected chi connectivity index (χ1v) is 13.6. The summed E-state index contributed by atoms with van der Waals surface area (Å²) < 4.78 is 10.0. The SMILES string of the molecule is CC#CCn1c(N2CCC[C@@H](N3COc4ccccc4C3=O)C2)nc2c1c(=O)n(Cc1ncccc1C#N)c(=O)n2C. The molecule has 212 valence electrons. The second kappa shape index (κ2) is 10.9. The van der Waals surface area contributed by atoms with Gasteiger partial charge >= 0.3 is 5.69 Å². The Morgan fingerprint density at radius 3 is 2.76 bits per heavy atom. The molecule has 1 saturated heterocycles. The predicted octanol–water partition coefficient (Wildman–Crippen LogP) is 1.70. The molecule has 6 rings (SSSR count). The first kappa shape index (κ1) is 26.8. The highest BCUT2D eigenvalue weighted by Gasteiger charge is 2.35. The van der Waals surface area contributed by atoms with Gasteiger partial charge < -0.3 is 14.5 Å². The average molecular weight is 565 g/mol. The smallest absolute Gasteiger partial charge is 0.332 e. The van der Waals surface area contributed by atoms with Crippen molar-refractivity contribution in [3.8, 4) is 23.7 Å².